The number of aliphatic carboxylic acids is 1. The lowest BCUT2D eigenvalue weighted by Gasteiger charge is -2.43. The third kappa shape index (κ3) is 2.75. The summed E-state index contributed by atoms with van der Waals surface area (Å²) >= 11 is 0. The van der Waals surface area contributed by atoms with E-state index in [1.165, 1.54) is 0 Å². The van der Waals surface area contributed by atoms with Gasteiger partial charge in [0.1, 0.15) is 0 Å². The van der Waals surface area contributed by atoms with Crippen LogP contribution in [0, 0.1) is 11.8 Å². The number of nitrogens with zero attached hydrogens (tertiary/aromatic N) is 3. The Labute approximate surface area is 120 Å². The van der Waals surface area contributed by atoms with Crippen molar-refractivity contribution in [2.75, 3.05) is 33.2 Å². The number of hydrogen-bond acceptors (Lipinski definition) is 3. The van der Waals surface area contributed by atoms with Crippen LogP contribution >= 0.6 is 0 Å². The van der Waals surface area contributed by atoms with Crippen molar-refractivity contribution in [3.63, 3.8) is 0 Å². The van der Waals surface area contributed by atoms with Crippen LogP contribution in [0.4, 0.5) is 4.79 Å². The van der Waals surface area contributed by atoms with Crippen molar-refractivity contribution in [2.24, 2.45) is 11.8 Å². The summed E-state index contributed by atoms with van der Waals surface area (Å²) in [5, 5.41) is 9.15. The quantitative estimate of drug-likeness (QED) is 0.772. The SMILES string of the molecule is CC1CN(C(=O)N2C[C@@H](C)[C@H](C(=O)O)C2)CC(C)N1C. The van der Waals surface area contributed by atoms with Gasteiger partial charge < -0.3 is 14.9 Å². The van der Waals surface area contributed by atoms with Gasteiger partial charge in [-0.3, -0.25) is 9.69 Å². The Morgan fingerprint density at radius 1 is 0.950 bits per heavy atom. The Balaban J connectivity index is 2.00. The van der Waals surface area contributed by atoms with Crippen molar-refractivity contribution in [3.05, 3.63) is 0 Å². The smallest absolute Gasteiger partial charge is 0.320 e. The molecule has 6 nitrogen and oxygen atoms in total. The number of likely N-dealkylation sites (N-methyl/N-ethyl adjacent to an activating group) is 1. The average Bonchev–Trinajstić information content (AvgIpc) is 2.76. The van der Waals surface area contributed by atoms with Gasteiger partial charge in [0, 0.05) is 38.3 Å². The molecule has 6 heteroatoms. The van der Waals surface area contributed by atoms with Crippen LogP contribution in [0.1, 0.15) is 20.8 Å². The monoisotopic (exact) mass is 283 g/mol. The molecule has 0 aliphatic carbocycles. The fourth-order valence-electron chi connectivity index (χ4n) is 3.21. The standard InChI is InChI=1S/C14H25N3O3/c1-9-5-16(8-12(9)13(18)19)14(20)17-6-10(2)15(4)11(3)7-17/h9-12H,5-8H2,1-4H3,(H,18,19)/t9-,10?,11?,12-/m1/s1. The van der Waals surface area contributed by atoms with E-state index in [0.717, 1.165) is 0 Å². The van der Waals surface area contributed by atoms with Gasteiger partial charge >= 0.3 is 12.0 Å². The molecule has 2 saturated heterocycles. The first-order valence-electron chi connectivity index (χ1n) is 7.29. The maximum atomic E-state index is 12.6. The van der Waals surface area contributed by atoms with Gasteiger partial charge in [-0.05, 0) is 26.8 Å². The van der Waals surface area contributed by atoms with Gasteiger partial charge in [0.05, 0.1) is 5.92 Å². The van der Waals surface area contributed by atoms with Crippen molar-refractivity contribution in [3.8, 4) is 0 Å². The van der Waals surface area contributed by atoms with Crippen LogP contribution < -0.4 is 0 Å². The van der Waals surface area contributed by atoms with Crippen LogP contribution in [0.5, 0.6) is 0 Å². The summed E-state index contributed by atoms with van der Waals surface area (Å²) in [6.07, 6.45) is 0. The Bertz CT molecular complexity index is 389. The predicted octanol–water partition coefficient (Wildman–Crippen LogP) is 0.783. The Morgan fingerprint density at radius 2 is 1.45 bits per heavy atom. The summed E-state index contributed by atoms with van der Waals surface area (Å²) in [7, 11) is 2.08. The predicted molar refractivity (Wildman–Crippen MR) is 75.5 cm³/mol. The number of carbonyl (C=O) groups is 2. The van der Waals surface area contributed by atoms with Crippen molar-refractivity contribution in [2.45, 2.75) is 32.9 Å². The molecule has 2 aliphatic rings. The van der Waals surface area contributed by atoms with Crippen LogP contribution in [-0.4, -0.2) is 77.1 Å². The van der Waals surface area contributed by atoms with E-state index >= 15 is 0 Å². The highest BCUT2D eigenvalue weighted by atomic mass is 16.4. The van der Waals surface area contributed by atoms with E-state index in [-0.39, 0.29) is 11.9 Å². The minimum atomic E-state index is -0.798. The van der Waals surface area contributed by atoms with Gasteiger partial charge in [-0.1, -0.05) is 6.92 Å². The molecule has 4 atom stereocenters. The second kappa shape index (κ2) is 5.60. The molecule has 0 saturated carbocycles. The number of likely N-dealkylation sites (tertiary alicyclic amines) is 1. The summed E-state index contributed by atoms with van der Waals surface area (Å²) in [6, 6.07) is 0.656. The Morgan fingerprint density at radius 3 is 1.90 bits per heavy atom. The van der Waals surface area contributed by atoms with E-state index in [2.05, 4.69) is 25.8 Å². The summed E-state index contributed by atoms with van der Waals surface area (Å²) in [6.45, 7) is 8.44. The van der Waals surface area contributed by atoms with Crippen molar-refractivity contribution in [1.82, 2.24) is 14.7 Å². The molecular formula is C14H25N3O3. The molecule has 114 valence electrons. The lowest BCUT2D eigenvalue weighted by atomic mass is 9.99. The zero-order valence-electron chi connectivity index (χ0n) is 12.7. The van der Waals surface area contributed by atoms with Crippen LogP contribution in [0.2, 0.25) is 0 Å². The molecule has 0 aromatic carbocycles. The maximum absolute atomic E-state index is 12.6. The summed E-state index contributed by atoms with van der Waals surface area (Å²) < 4.78 is 0. The molecule has 0 spiro atoms. The van der Waals surface area contributed by atoms with E-state index < -0.39 is 11.9 Å². The van der Waals surface area contributed by atoms with E-state index in [0.29, 0.717) is 38.3 Å². The van der Waals surface area contributed by atoms with Gasteiger partial charge in [0.2, 0.25) is 0 Å². The molecular weight excluding hydrogens is 258 g/mol. The zero-order chi connectivity index (χ0) is 15.0. The molecule has 2 aliphatic heterocycles. The highest BCUT2D eigenvalue weighted by Gasteiger charge is 2.40. The fourth-order valence-corrected chi connectivity index (χ4v) is 3.21. The molecule has 0 radical (unpaired) electrons. The number of urea groups is 1. The third-order valence-corrected chi connectivity index (χ3v) is 4.83. The highest BCUT2D eigenvalue weighted by Crippen LogP contribution is 2.25. The number of hydrogen-bond donors (Lipinski definition) is 1. The second-order valence-electron chi connectivity index (χ2n) is 6.38. The Kier molecular flexibility index (Phi) is 4.22. The number of piperazine rings is 1. The molecule has 2 rings (SSSR count). The molecule has 0 aromatic heterocycles. The van der Waals surface area contributed by atoms with Crippen molar-refractivity contribution < 1.29 is 14.7 Å². The first-order chi connectivity index (χ1) is 9.31. The number of carboxylic acids is 1. The lowest BCUT2D eigenvalue weighted by Crippen LogP contribution is -2.58. The molecule has 0 aromatic rings. The van der Waals surface area contributed by atoms with Gasteiger partial charge in [-0.25, -0.2) is 4.79 Å². The lowest BCUT2D eigenvalue weighted by molar-refractivity contribution is -0.142. The normalized spacial score (nSPS) is 35.4. The third-order valence-electron chi connectivity index (χ3n) is 4.83. The average molecular weight is 283 g/mol. The van der Waals surface area contributed by atoms with Gasteiger partial charge in [-0.2, -0.15) is 0 Å². The first-order valence-corrected chi connectivity index (χ1v) is 7.29. The van der Waals surface area contributed by atoms with Crippen LogP contribution in [0.15, 0.2) is 0 Å². The van der Waals surface area contributed by atoms with Gasteiger partial charge in [0.25, 0.3) is 0 Å². The fraction of sp³-hybridized carbons (Fsp3) is 0.857. The van der Waals surface area contributed by atoms with Crippen molar-refractivity contribution >= 4 is 12.0 Å². The molecule has 2 amide bonds. The first kappa shape index (κ1) is 15.1. The van der Waals surface area contributed by atoms with E-state index in [1.807, 2.05) is 11.8 Å². The summed E-state index contributed by atoms with van der Waals surface area (Å²) in [5.41, 5.74) is 0. The minimum absolute atomic E-state index is 0.00704. The highest BCUT2D eigenvalue weighted by molar-refractivity contribution is 5.78. The molecule has 2 heterocycles. The molecule has 2 fully saturated rings. The number of carbonyl (C=O) groups excluding carboxylic acids is 1. The largest absolute Gasteiger partial charge is 0.481 e. The van der Waals surface area contributed by atoms with Crippen LogP contribution in [0.25, 0.3) is 0 Å². The van der Waals surface area contributed by atoms with Crippen molar-refractivity contribution in [1.29, 1.82) is 0 Å². The molecule has 20 heavy (non-hydrogen) atoms. The summed E-state index contributed by atoms with van der Waals surface area (Å²) in [5.74, 6) is -1.20. The molecule has 0 bridgehead atoms. The Hall–Kier alpha value is -1.30. The van der Waals surface area contributed by atoms with E-state index in [9.17, 15) is 9.59 Å². The van der Waals surface area contributed by atoms with Gasteiger partial charge in [0.15, 0.2) is 0 Å². The summed E-state index contributed by atoms with van der Waals surface area (Å²) in [4.78, 5) is 29.5. The second-order valence-corrected chi connectivity index (χ2v) is 6.38. The van der Waals surface area contributed by atoms with Crippen LogP contribution in [0.3, 0.4) is 0 Å². The maximum Gasteiger partial charge on any atom is 0.320 e. The van der Waals surface area contributed by atoms with E-state index in [1.54, 1.807) is 4.90 Å². The van der Waals surface area contributed by atoms with Crippen LogP contribution in [-0.2, 0) is 4.79 Å². The number of carboxylic acid groups (broad SMARTS) is 1. The van der Waals surface area contributed by atoms with Gasteiger partial charge in [-0.15, -0.1) is 0 Å². The minimum Gasteiger partial charge on any atom is -0.481 e. The number of rotatable bonds is 1. The number of amides is 2. The molecule has 1 N–H and O–H groups in total. The molecule has 2 unspecified atom stereocenters. The van der Waals surface area contributed by atoms with E-state index in [4.69, 9.17) is 5.11 Å². The topological polar surface area (TPSA) is 64.1 Å². The zero-order valence-corrected chi connectivity index (χ0v) is 12.7.